The van der Waals surface area contributed by atoms with Gasteiger partial charge in [0.05, 0.1) is 11.7 Å². The van der Waals surface area contributed by atoms with Crippen molar-refractivity contribution in [2.24, 2.45) is 0 Å². The Morgan fingerprint density at radius 3 is 2.35 bits per heavy atom. The molecule has 1 unspecified atom stereocenters. The second kappa shape index (κ2) is 6.19. The van der Waals surface area contributed by atoms with Crippen molar-refractivity contribution in [1.29, 1.82) is 0 Å². The molecular weight excluding hydrogens is 244 g/mol. The van der Waals surface area contributed by atoms with Crippen molar-refractivity contribution in [3.8, 4) is 0 Å². The summed E-state index contributed by atoms with van der Waals surface area (Å²) in [6, 6.07) is 11.0. The summed E-state index contributed by atoms with van der Waals surface area (Å²) in [4.78, 5) is 4.70. The molecule has 0 bridgehead atoms. The van der Waals surface area contributed by atoms with E-state index in [1.807, 2.05) is 13.0 Å². The van der Waals surface area contributed by atoms with E-state index >= 15 is 0 Å². The van der Waals surface area contributed by atoms with Crippen molar-refractivity contribution in [2.45, 2.75) is 40.7 Å². The van der Waals surface area contributed by atoms with E-state index in [1.54, 1.807) is 0 Å². The van der Waals surface area contributed by atoms with Gasteiger partial charge in [-0.3, -0.25) is 4.98 Å². The largest absolute Gasteiger partial charge is 0.305 e. The second-order valence-corrected chi connectivity index (χ2v) is 5.49. The van der Waals surface area contributed by atoms with Crippen LogP contribution in [0.3, 0.4) is 0 Å². The van der Waals surface area contributed by atoms with Gasteiger partial charge in [0.15, 0.2) is 0 Å². The summed E-state index contributed by atoms with van der Waals surface area (Å²) < 4.78 is 0. The van der Waals surface area contributed by atoms with Crippen LogP contribution in [0.4, 0.5) is 0 Å². The third kappa shape index (κ3) is 3.07. The summed E-state index contributed by atoms with van der Waals surface area (Å²) in [6.07, 6.45) is 0. The van der Waals surface area contributed by atoms with Gasteiger partial charge in [0.1, 0.15) is 0 Å². The first-order valence-corrected chi connectivity index (χ1v) is 7.27. The van der Waals surface area contributed by atoms with Gasteiger partial charge in [-0.2, -0.15) is 0 Å². The summed E-state index contributed by atoms with van der Waals surface area (Å²) >= 11 is 0. The molecule has 0 radical (unpaired) electrons. The number of nitrogens with zero attached hydrogens (tertiary/aromatic N) is 1. The van der Waals surface area contributed by atoms with E-state index in [0.29, 0.717) is 0 Å². The van der Waals surface area contributed by atoms with E-state index in [4.69, 9.17) is 4.98 Å². The predicted octanol–water partition coefficient (Wildman–Crippen LogP) is 4.01. The summed E-state index contributed by atoms with van der Waals surface area (Å²) in [6.45, 7) is 11.6. The maximum atomic E-state index is 4.70. The lowest BCUT2D eigenvalue weighted by atomic mass is 9.93. The highest BCUT2D eigenvalue weighted by atomic mass is 14.9. The van der Waals surface area contributed by atoms with Crippen LogP contribution in [0.5, 0.6) is 0 Å². The highest BCUT2D eigenvalue weighted by Gasteiger charge is 2.17. The van der Waals surface area contributed by atoms with Gasteiger partial charge in [0.25, 0.3) is 0 Å². The van der Waals surface area contributed by atoms with Crippen molar-refractivity contribution in [3.63, 3.8) is 0 Å². The first-order valence-electron chi connectivity index (χ1n) is 7.27. The number of hydrogen-bond acceptors (Lipinski definition) is 2. The molecule has 106 valence electrons. The van der Waals surface area contributed by atoms with Gasteiger partial charge in [-0.05, 0) is 68.6 Å². The molecule has 0 fully saturated rings. The van der Waals surface area contributed by atoms with Gasteiger partial charge in [0, 0.05) is 5.69 Å². The van der Waals surface area contributed by atoms with Crippen LogP contribution in [-0.4, -0.2) is 11.5 Å². The van der Waals surface area contributed by atoms with E-state index in [0.717, 1.165) is 17.9 Å². The van der Waals surface area contributed by atoms with Crippen molar-refractivity contribution >= 4 is 0 Å². The van der Waals surface area contributed by atoms with E-state index in [1.165, 1.54) is 22.3 Å². The molecule has 1 aromatic heterocycles. The molecule has 0 aliphatic rings. The molecule has 1 heterocycles. The standard InChI is InChI=1S/C18H24N2/c1-6-19-18(17-9-7-8-15(5)20-17)16-11-13(3)12(2)10-14(16)4/h7-11,18-19H,6H2,1-5H3. The molecule has 0 saturated heterocycles. The normalized spacial score (nSPS) is 12.4. The molecule has 2 rings (SSSR count). The van der Waals surface area contributed by atoms with Crippen LogP contribution in [-0.2, 0) is 0 Å². The number of nitrogens with one attached hydrogen (secondary N) is 1. The Morgan fingerprint density at radius 1 is 1.00 bits per heavy atom. The number of aromatic nitrogens is 1. The molecule has 0 amide bonds. The molecule has 0 aliphatic heterocycles. The molecule has 2 nitrogen and oxygen atoms in total. The van der Waals surface area contributed by atoms with E-state index in [2.05, 4.69) is 57.3 Å². The highest BCUT2D eigenvalue weighted by molar-refractivity contribution is 5.41. The Morgan fingerprint density at radius 2 is 1.70 bits per heavy atom. The molecule has 0 saturated carbocycles. The predicted molar refractivity (Wildman–Crippen MR) is 85.1 cm³/mol. The smallest absolute Gasteiger partial charge is 0.0754 e. The molecule has 1 atom stereocenters. The zero-order valence-electron chi connectivity index (χ0n) is 13.1. The Balaban J connectivity index is 2.51. The SMILES string of the molecule is CCNC(c1cccc(C)n1)c1cc(C)c(C)cc1C. The number of hydrogen-bond donors (Lipinski definition) is 1. The van der Waals surface area contributed by atoms with Gasteiger partial charge < -0.3 is 5.32 Å². The fourth-order valence-corrected chi connectivity index (χ4v) is 2.60. The molecular formula is C18H24N2. The Hall–Kier alpha value is -1.67. The fourth-order valence-electron chi connectivity index (χ4n) is 2.60. The lowest BCUT2D eigenvalue weighted by Gasteiger charge is -2.21. The van der Waals surface area contributed by atoms with Crippen LogP contribution >= 0.6 is 0 Å². The topological polar surface area (TPSA) is 24.9 Å². The van der Waals surface area contributed by atoms with Gasteiger partial charge in [-0.1, -0.05) is 25.1 Å². The zero-order valence-corrected chi connectivity index (χ0v) is 13.1. The van der Waals surface area contributed by atoms with Gasteiger partial charge >= 0.3 is 0 Å². The maximum absolute atomic E-state index is 4.70. The van der Waals surface area contributed by atoms with Crippen molar-refractivity contribution in [3.05, 3.63) is 64.0 Å². The molecule has 2 aromatic rings. The van der Waals surface area contributed by atoms with Crippen molar-refractivity contribution in [2.75, 3.05) is 6.54 Å². The third-order valence-electron chi connectivity index (χ3n) is 3.81. The average Bonchev–Trinajstić information content (AvgIpc) is 2.40. The third-order valence-corrected chi connectivity index (χ3v) is 3.81. The molecule has 0 spiro atoms. The molecule has 1 aromatic carbocycles. The van der Waals surface area contributed by atoms with Crippen LogP contribution < -0.4 is 5.32 Å². The number of aryl methyl sites for hydroxylation is 4. The minimum Gasteiger partial charge on any atom is -0.305 e. The van der Waals surface area contributed by atoms with Gasteiger partial charge in [0.2, 0.25) is 0 Å². The lowest BCUT2D eigenvalue weighted by Crippen LogP contribution is -2.24. The van der Waals surface area contributed by atoms with Crippen LogP contribution in [0.25, 0.3) is 0 Å². The van der Waals surface area contributed by atoms with Crippen LogP contribution in [0.15, 0.2) is 30.3 Å². The molecule has 0 aliphatic carbocycles. The number of pyridine rings is 1. The second-order valence-electron chi connectivity index (χ2n) is 5.49. The molecule has 20 heavy (non-hydrogen) atoms. The molecule has 1 N–H and O–H groups in total. The summed E-state index contributed by atoms with van der Waals surface area (Å²) in [5.41, 5.74) is 7.49. The van der Waals surface area contributed by atoms with Crippen molar-refractivity contribution in [1.82, 2.24) is 10.3 Å². The summed E-state index contributed by atoms with van der Waals surface area (Å²) in [7, 11) is 0. The first kappa shape index (κ1) is 14.7. The van der Waals surface area contributed by atoms with Crippen LogP contribution in [0.2, 0.25) is 0 Å². The average molecular weight is 268 g/mol. The van der Waals surface area contributed by atoms with Crippen LogP contribution in [0.1, 0.15) is 46.6 Å². The lowest BCUT2D eigenvalue weighted by molar-refractivity contribution is 0.611. The van der Waals surface area contributed by atoms with E-state index in [9.17, 15) is 0 Å². The van der Waals surface area contributed by atoms with Crippen molar-refractivity contribution < 1.29 is 0 Å². The number of rotatable bonds is 4. The van der Waals surface area contributed by atoms with E-state index in [-0.39, 0.29) is 6.04 Å². The quantitative estimate of drug-likeness (QED) is 0.906. The van der Waals surface area contributed by atoms with Crippen LogP contribution in [0, 0.1) is 27.7 Å². The first-order chi connectivity index (χ1) is 9.52. The highest BCUT2D eigenvalue weighted by Crippen LogP contribution is 2.26. The zero-order chi connectivity index (χ0) is 14.7. The minimum absolute atomic E-state index is 0.166. The minimum atomic E-state index is 0.166. The maximum Gasteiger partial charge on any atom is 0.0754 e. The summed E-state index contributed by atoms with van der Waals surface area (Å²) in [5, 5.41) is 3.57. The molecule has 2 heteroatoms. The van der Waals surface area contributed by atoms with E-state index < -0.39 is 0 Å². The monoisotopic (exact) mass is 268 g/mol. The fraction of sp³-hybridized carbons (Fsp3) is 0.389. The van der Waals surface area contributed by atoms with Gasteiger partial charge in [-0.25, -0.2) is 0 Å². The Kier molecular flexibility index (Phi) is 4.56. The summed E-state index contributed by atoms with van der Waals surface area (Å²) in [5.74, 6) is 0. The van der Waals surface area contributed by atoms with Gasteiger partial charge in [-0.15, -0.1) is 0 Å². The number of benzene rings is 1. The Labute approximate surface area is 122 Å². The Bertz CT molecular complexity index is 602.